The number of fused-ring (bicyclic) bond motifs is 3. The fourth-order valence-corrected chi connectivity index (χ4v) is 6.95. The van der Waals surface area contributed by atoms with Crippen molar-refractivity contribution in [2.45, 2.75) is 49.9 Å². The van der Waals surface area contributed by atoms with Crippen molar-refractivity contribution >= 4 is 17.5 Å². The number of aliphatic hydroxyl groups is 3. The number of nitrogens with two attached hydrogens (primary N) is 1. The van der Waals surface area contributed by atoms with Crippen LogP contribution in [0.15, 0.2) is 34.8 Å². The highest BCUT2D eigenvalue weighted by atomic mass is 16.3. The van der Waals surface area contributed by atoms with E-state index in [2.05, 4.69) is 17.3 Å². The number of nitrogens with zero attached hydrogens (tertiary/aromatic N) is 2. The maximum Gasteiger partial charge on any atom is 0.255 e. The summed E-state index contributed by atoms with van der Waals surface area (Å²) in [5, 5.41) is 48.2. The zero-order chi connectivity index (χ0) is 28.4. The molecule has 39 heavy (non-hydrogen) atoms. The molecule has 0 spiro atoms. The molecule has 1 aromatic carbocycles. The Hall–Kier alpha value is -3.25. The number of benzene rings is 1. The van der Waals surface area contributed by atoms with Gasteiger partial charge in [0.2, 0.25) is 5.78 Å². The molecule has 11 nitrogen and oxygen atoms in total. The fraction of sp³-hybridized carbons (Fsp3) is 0.536. The summed E-state index contributed by atoms with van der Waals surface area (Å²) in [6.45, 7) is 2.49. The van der Waals surface area contributed by atoms with Crippen molar-refractivity contribution < 1.29 is 34.8 Å². The molecule has 7 N–H and O–H groups in total. The number of nitrogens with one attached hydrogen (secondary N) is 1. The van der Waals surface area contributed by atoms with Gasteiger partial charge >= 0.3 is 0 Å². The quantitative estimate of drug-likeness (QED) is 0.285. The highest BCUT2D eigenvalue weighted by Gasteiger charge is 2.63. The highest BCUT2D eigenvalue weighted by Crippen LogP contribution is 2.52. The molecule has 4 atom stereocenters. The summed E-state index contributed by atoms with van der Waals surface area (Å²) in [5.74, 6) is -6.45. The molecule has 0 saturated carbocycles. The number of allylic oxidation sites excluding steroid dienone is 1. The minimum atomic E-state index is -2.63. The third kappa shape index (κ3) is 4.15. The van der Waals surface area contributed by atoms with E-state index in [9.17, 15) is 34.8 Å². The summed E-state index contributed by atoms with van der Waals surface area (Å²) in [7, 11) is 5.31. The molecule has 1 aliphatic heterocycles. The number of piperidine rings is 1. The molecule has 1 amide bonds. The van der Waals surface area contributed by atoms with Crippen LogP contribution < -0.4 is 11.1 Å². The van der Waals surface area contributed by atoms with Gasteiger partial charge in [-0.2, -0.15) is 0 Å². The average Bonchev–Trinajstić information content (AvgIpc) is 2.86. The first kappa shape index (κ1) is 27.3. The van der Waals surface area contributed by atoms with E-state index in [1.807, 2.05) is 0 Å². The molecular formula is C28H36N4O7. The average molecular weight is 541 g/mol. The van der Waals surface area contributed by atoms with E-state index in [0.29, 0.717) is 18.2 Å². The first-order valence-electron chi connectivity index (χ1n) is 13.3. The summed E-state index contributed by atoms with van der Waals surface area (Å²) < 4.78 is 0. The Labute approximate surface area is 226 Å². The molecule has 1 saturated heterocycles. The Bertz CT molecular complexity index is 1310. The molecule has 0 unspecified atom stereocenters. The SMILES string of the molecule is CN1CCC(NCc2ccc(O)c3c2C[C@H]2C[C@H]4[C@H](N(C)C)C(O)=C(C(N)=O)C(=O)[C@@]4(O)C(O)=C2C3=O)CC1. The van der Waals surface area contributed by atoms with Crippen molar-refractivity contribution in [1.82, 2.24) is 15.1 Å². The number of hydrogen-bond donors (Lipinski definition) is 6. The molecule has 3 aliphatic carbocycles. The van der Waals surface area contributed by atoms with Gasteiger partial charge in [0.1, 0.15) is 22.8 Å². The van der Waals surface area contributed by atoms with Gasteiger partial charge in [0.25, 0.3) is 5.91 Å². The second-order valence-corrected chi connectivity index (χ2v) is 11.5. The van der Waals surface area contributed by atoms with Crippen LogP contribution in [0.4, 0.5) is 0 Å². The smallest absolute Gasteiger partial charge is 0.255 e. The van der Waals surface area contributed by atoms with Gasteiger partial charge in [-0.25, -0.2) is 0 Å². The van der Waals surface area contributed by atoms with E-state index in [0.717, 1.165) is 31.5 Å². The van der Waals surface area contributed by atoms with Gasteiger partial charge in [0.15, 0.2) is 11.4 Å². The lowest BCUT2D eigenvalue weighted by atomic mass is 9.58. The standard InChI is InChI=1S/C28H36N4O7/c1-31(2)22-17-11-14-10-16-13(12-30-15-6-8-32(3)9-7-15)4-5-18(33)20(16)23(34)19(14)25(36)28(17,39)26(37)21(24(22)35)27(29)38/h4-5,14-15,17,22,30,33,35-36,39H,6-12H2,1-3H3,(H2,29,38)/t14-,17-,22-,28-/m0/s1. The van der Waals surface area contributed by atoms with Gasteiger partial charge in [-0.05, 0) is 83.0 Å². The van der Waals surface area contributed by atoms with Crippen molar-refractivity contribution in [1.29, 1.82) is 0 Å². The maximum absolute atomic E-state index is 13.8. The zero-order valence-electron chi connectivity index (χ0n) is 22.4. The van der Waals surface area contributed by atoms with Gasteiger partial charge < -0.3 is 36.4 Å². The number of primary amides is 1. The first-order valence-corrected chi connectivity index (χ1v) is 13.3. The van der Waals surface area contributed by atoms with E-state index >= 15 is 0 Å². The van der Waals surface area contributed by atoms with Crippen molar-refractivity contribution in [2.75, 3.05) is 34.2 Å². The van der Waals surface area contributed by atoms with Crippen LogP contribution in [0.25, 0.3) is 0 Å². The lowest BCUT2D eigenvalue weighted by Gasteiger charge is -2.50. The predicted molar refractivity (Wildman–Crippen MR) is 141 cm³/mol. The number of phenols is 1. The van der Waals surface area contributed by atoms with Crippen molar-refractivity contribution in [3.05, 3.63) is 51.5 Å². The lowest BCUT2D eigenvalue weighted by molar-refractivity contribution is -0.148. The number of ketones is 2. The summed E-state index contributed by atoms with van der Waals surface area (Å²) in [4.78, 5) is 43.1. The normalized spacial score (nSPS) is 29.9. The second-order valence-electron chi connectivity index (χ2n) is 11.5. The van der Waals surface area contributed by atoms with Crippen LogP contribution >= 0.6 is 0 Å². The molecule has 1 fully saturated rings. The van der Waals surface area contributed by atoms with Crippen LogP contribution in [-0.2, 0) is 22.6 Å². The monoisotopic (exact) mass is 540 g/mol. The number of hydrogen-bond acceptors (Lipinski definition) is 10. The van der Waals surface area contributed by atoms with Gasteiger partial charge in [-0.3, -0.25) is 19.3 Å². The third-order valence-electron chi connectivity index (χ3n) is 9.00. The maximum atomic E-state index is 13.8. The van der Waals surface area contributed by atoms with E-state index in [1.54, 1.807) is 25.1 Å². The number of likely N-dealkylation sites (N-methyl/N-ethyl adjacent to an activating group) is 1. The highest BCUT2D eigenvalue weighted by molar-refractivity contribution is 6.24. The van der Waals surface area contributed by atoms with Crippen molar-refractivity contribution in [3.63, 3.8) is 0 Å². The second kappa shape index (κ2) is 9.74. The molecule has 0 aromatic heterocycles. The van der Waals surface area contributed by atoms with Gasteiger partial charge in [-0.1, -0.05) is 6.07 Å². The Morgan fingerprint density at radius 2 is 1.85 bits per heavy atom. The third-order valence-corrected chi connectivity index (χ3v) is 9.00. The van der Waals surface area contributed by atoms with Gasteiger partial charge in [-0.15, -0.1) is 0 Å². The first-order chi connectivity index (χ1) is 18.4. The molecule has 0 radical (unpaired) electrons. The number of carbonyl (C=O) groups excluding carboxylic acids is 3. The summed E-state index contributed by atoms with van der Waals surface area (Å²) >= 11 is 0. The van der Waals surface area contributed by atoms with Crippen LogP contribution in [0, 0.1) is 11.8 Å². The Morgan fingerprint density at radius 1 is 1.18 bits per heavy atom. The summed E-state index contributed by atoms with van der Waals surface area (Å²) in [5.41, 5.74) is 3.34. The number of Topliss-reactive ketones (excluding diaryl/α,β-unsaturated/α-hetero) is 2. The predicted octanol–water partition coefficient (Wildman–Crippen LogP) is 0.304. The van der Waals surface area contributed by atoms with Crippen molar-refractivity contribution in [3.8, 4) is 5.75 Å². The van der Waals surface area contributed by atoms with Crippen LogP contribution in [0.3, 0.4) is 0 Å². The summed E-state index contributed by atoms with van der Waals surface area (Å²) in [6.07, 6.45) is 2.36. The minimum Gasteiger partial charge on any atom is -0.510 e. The lowest BCUT2D eigenvalue weighted by Crippen LogP contribution is -2.63. The Balaban J connectivity index is 1.56. The van der Waals surface area contributed by atoms with Gasteiger partial charge in [0, 0.05) is 24.1 Å². The Morgan fingerprint density at radius 3 is 2.46 bits per heavy atom. The number of aliphatic hydroxyl groups excluding tert-OH is 2. The molecule has 11 heteroatoms. The summed E-state index contributed by atoms with van der Waals surface area (Å²) in [6, 6.07) is 2.56. The number of phenolic OH excluding ortho intramolecular Hbond substituents is 1. The van der Waals surface area contributed by atoms with Crippen LogP contribution in [0.5, 0.6) is 5.75 Å². The molecular weight excluding hydrogens is 504 g/mol. The van der Waals surface area contributed by atoms with Crippen LogP contribution in [0.2, 0.25) is 0 Å². The topological polar surface area (TPSA) is 177 Å². The number of amides is 1. The molecule has 0 bridgehead atoms. The van der Waals surface area contributed by atoms with E-state index in [1.165, 1.54) is 6.07 Å². The number of aromatic hydroxyl groups is 1. The largest absolute Gasteiger partial charge is 0.510 e. The van der Waals surface area contributed by atoms with Crippen molar-refractivity contribution in [2.24, 2.45) is 17.6 Å². The molecule has 210 valence electrons. The number of likely N-dealkylation sites (tertiary alicyclic amines) is 1. The molecule has 4 aliphatic rings. The van der Waals surface area contributed by atoms with E-state index in [-0.39, 0.29) is 29.7 Å². The fourth-order valence-electron chi connectivity index (χ4n) is 6.95. The van der Waals surface area contributed by atoms with Gasteiger partial charge in [0.05, 0.1) is 11.6 Å². The Kier molecular flexibility index (Phi) is 6.82. The molecule has 5 rings (SSSR count). The zero-order valence-corrected chi connectivity index (χ0v) is 22.4. The van der Waals surface area contributed by atoms with E-state index in [4.69, 9.17) is 5.73 Å². The number of rotatable bonds is 5. The molecule has 1 aromatic rings. The minimum absolute atomic E-state index is 0.0402. The van der Waals surface area contributed by atoms with Crippen LogP contribution in [0.1, 0.15) is 40.7 Å². The van der Waals surface area contributed by atoms with E-state index < -0.39 is 58.0 Å². The number of carbonyl (C=O) groups is 3. The molecule has 1 heterocycles. The van der Waals surface area contributed by atoms with Crippen LogP contribution in [-0.4, -0.2) is 99.6 Å².